The average Bonchev–Trinajstić information content (AvgIpc) is 3.23. The van der Waals surface area contributed by atoms with Crippen molar-refractivity contribution >= 4 is 11.8 Å². The first kappa shape index (κ1) is 17.8. The van der Waals surface area contributed by atoms with Crippen molar-refractivity contribution in [1.29, 1.82) is 0 Å². The number of furan rings is 2. The van der Waals surface area contributed by atoms with E-state index in [0.717, 1.165) is 0 Å². The van der Waals surface area contributed by atoms with E-state index in [1.807, 2.05) is 0 Å². The smallest absolute Gasteiger partial charge is 0.257 e. The Morgan fingerprint density at radius 1 is 1.21 bits per heavy atom. The van der Waals surface area contributed by atoms with Gasteiger partial charge in [-0.15, -0.1) is 0 Å². The second-order valence-corrected chi connectivity index (χ2v) is 5.28. The lowest BCUT2D eigenvalue weighted by Crippen LogP contribution is -2.37. The normalized spacial score (nSPS) is 10.6. The van der Waals surface area contributed by atoms with E-state index >= 15 is 0 Å². The minimum absolute atomic E-state index is 0.148. The number of ether oxygens (including phenoxy) is 1. The summed E-state index contributed by atoms with van der Waals surface area (Å²) in [6, 6.07) is 5.19. The van der Waals surface area contributed by atoms with E-state index < -0.39 is 0 Å². The van der Waals surface area contributed by atoms with Crippen LogP contribution in [0.25, 0.3) is 0 Å². The quantitative estimate of drug-likeness (QED) is 0.758. The first-order valence-electron chi connectivity index (χ1n) is 7.73. The molecular formula is C17H22N2O5. The molecule has 2 rings (SSSR count). The van der Waals surface area contributed by atoms with Crippen LogP contribution in [-0.2, 0) is 16.1 Å². The van der Waals surface area contributed by atoms with Crippen LogP contribution in [0, 0.1) is 6.92 Å². The number of hydrogen-bond acceptors (Lipinski definition) is 5. The molecule has 0 saturated heterocycles. The van der Waals surface area contributed by atoms with Crippen molar-refractivity contribution < 1.29 is 23.2 Å². The third-order valence-electron chi connectivity index (χ3n) is 3.59. The molecule has 7 heteroatoms. The Kier molecular flexibility index (Phi) is 6.62. The van der Waals surface area contributed by atoms with Gasteiger partial charge in [-0.1, -0.05) is 0 Å². The van der Waals surface area contributed by atoms with E-state index in [9.17, 15) is 9.59 Å². The van der Waals surface area contributed by atoms with Gasteiger partial charge in [0.2, 0.25) is 5.91 Å². The number of hydrogen-bond donors (Lipinski definition) is 1. The number of methoxy groups -OCH3 is 1. The van der Waals surface area contributed by atoms with Crippen LogP contribution in [0.3, 0.4) is 0 Å². The van der Waals surface area contributed by atoms with Gasteiger partial charge < -0.3 is 23.8 Å². The van der Waals surface area contributed by atoms with Gasteiger partial charge in [0.25, 0.3) is 5.91 Å². The molecule has 2 aromatic rings. The van der Waals surface area contributed by atoms with Crippen molar-refractivity contribution in [3.8, 4) is 0 Å². The fourth-order valence-electron chi connectivity index (χ4n) is 2.22. The topological polar surface area (TPSA) is 84.9 Å². The standard InChI is InChI=1S/C17H22N2O5/c1-13-15(6-10-23-13)17(21)19(8-11-22-2)7-5-16(20)18-12-14-4-3-9-24-14/h3-4,6,9-10H,5,7-8,11-12H2,1-2H3,(H,18,20). The summed E-state index contributed by atoms with van der Waals surface area (Å²) >= 11 is 0. The van der Waals surface area contributed by atoms with Gasteiger partial charge in [-0.2, -0.15) is 0 Å². The minimum atomic E-state index is -0.169. The lowest BCUT2D eigenvalue weighted by atomic mass is 10.2. The summed E-state index contributed by atoms with van der Waals surface area (Å²) in [6.07, 6.45) is 3.24. The Balaban J connectivity index is 1.87. The van der Waals surface area contributed by atoms with Crippen LogP contribution in [0.4, 0.5) is 0 Å². The predicted molar refractivity (Wildman–Crippen MR) is 86.4 cm³/mol. The maximum absolute atomic E-state index is 12.6. The predicted octanol–water partition coefficient (Wildman–Crippen LogP) is 1.98. The molecule has 1 N–H and O–H groups in total. The molecule has 2 amide bonds. The molecule has 0 aromatic carbocycles. The second kappa shape index (κ2) is 8.93. The number of nitrogens with zero attached hydrogens (tertiary/aromatic N) is 1. The SMILES string of the molecule is COCCN(CCC(=O)NCc1ccco1)C(=O)c1ccoc1C. The number of nitrogens with one attached hydrogen (secondary N) is 1. The van der Waals surface area contributed by atoms with E-state index in [4.69, 9.17) is 13.6 Å². The van der Waals surface area contributed by atoms with Crippen molar-refractivity contribution in [1.82, 2.24) is 10.2 Å². The molecule has 24 heavy (non-hydrogen) atoms. The van der Waals surface area contributed by atoms with Gasteiger partial charge in [0.05, 0.1) is 31.2 Å². The zero-order chi connectivity index (χ0) is 17.4. The molecule has 130 valence electrons. The molecular weight excluding hydrogens is 312 g/mol. The van der Waals surface area contributed by atoms with Crippen LogP contribution >= 0.6 is 0 Å². The van der Waals surface area contributed by atoms with Gasteiger partial charge in [0.15, 0.2) is 0 Å². The van der Waals surface area contributed by atoms with Gasteiger partial charge in [0.1, 0.15) is 11.5 Å². The van der Waals surface area contributed by atoms with Crippen LogP contribution in [0.15, 0.2) is 39.6 Å². The Morgan fingerprint density at radius 2 is 2.04 bits per heavy atom. The highest BCUT2D eigenvalue weighted by Gasteiger charge is 2.20. The summed E-state index contributed by atoms with van der Waals surface area (Å²) in [6.45, 7) is 3.18. The number of carbonyl (C=O) groups is 2. The highest BCUT2D eigenvalue weighted by molar-refractivity contribution is 5.95. The maximum atomic E-state index is 12.6. The van der Waals surface area contributed by atoms with E-state index in [1.54, 1.807) is 43.4 Å². The summed E-state index contributed by atoms with van der Waals surface area (Å²) in [5, 5.41) is 2.76. The minimum Gasteiger partial charge on any atom is -0.469 e. The van der Waals surface area contributed by atoms with Gasteiger partial charge in [-0.05, 0) is 25.1 Å². The summed E-state index contributed by atoms with van der Waals surface area (Å²) in [7, 11) is 1.57. The van der Waals surface area contributed by atoms with Crippen LogP contribution in [-0.4, -0.2) is 43.5 Å². The van der Waals surface area contributed by atoms with Gasteiger partial charge >= 0.3 is 0 Å². The number of rotatable bonds is 9. The third-order valence-corrected chi connectivity index (χ3v) is 3.59. The van der Waals surface area contributed by atoms with E-state index in [0.29, 0.717) is 43.3 Å². The first-order chi connectivity index (χ1) is 11.6. The largest absolute Gasteiger partial charge is 0.469 e. The molecule has 0 aliphatic rings. The zero-order valence-corrected chi connectivity index (χ0v) is 13.9. The molecule has 2 heterocycles. The molecule has 0 saturated carbocycles. The van der Waals surface area contributed by atoms with Gasteiger partial charge in [-0.25, -0.2) is 0 Å². The van der Waals surface area contributed by atoms with Crippen LogP contribution in [0.2, 0.25) is 0 Å². The molecule has 0 fully saturated rings. The Labute approximate surface area is 140 Å². The molecule has 0 bridgehead atoms. The van der Waals surface area contributed by atoms with Crippen molar-refractivity contribution in [3.63, 3.8) is 0 Å². The van der Waals surface area contributed by atoms with E-state index in [-0.39, 0.29) is 18.2 Å². The van der Waals surface area contributed by atoms with Crippen LogP contribution in [0.1, 0.15) is 28.3 Å². The Bertz CT molecular complexity index is 648. The summed E-state index contributed by atoms with van der Waals surface area (Å²) in [4.78, 5) is 26.1. The molecule has 0 aliphatic heterocycles. The van der Waals surface area contributed by atoms with E-state index in [1.165, 1.54) is 6.26 Å². The fourth-order valence-corrected chi connectivity index (χ4v) is 2.22. The fraction of sp³-hybridized carbons (Fsp3) is 0.412. The van der Waals surface area contributed by atoms with Crippen molar-refractivity contribution in [3.05, 3.63) is 47.8 Å². The third kappa shape index (κ3) is 4.99. The lowest BCUT2D eigenvalue weighted by Gasteiger charge is -2.22. The average molecular weight is 334 g/mol. The molecule has 0 radical (unpaired) electrons. The molecule has 0 spiro atoms. The summed E-state index contributed by atoms with van der Waals surface area (Å²) < 4.78 is 15.4. The number of carbonyl (C=O) groups excluding carboxylic acids is 2. The lowest BCUT2D eigenvalue weighted by molar-refractivity contribution is -0.121. The first-order valence-corrected chi connectivity index (χ1v) is 7.73. The Morgan fingerprint density at radius 3 is 2.67 bits per heavy atom. The molecule has 2 aromatic heterocycles. The Hall–Kier alpha value is -2.54. The monoisotopic (exact) mass is 334 g/mol. The summed E-state index contributed by atoms with van der Waals surface area (Å²) in [5.41, 5.74) is 0.502. The van der Waals surface area contributed by atoms with Crippen molar-refractivity contribution in [2.24, 2.45) is 0 Å². The van der Waals surface area contributed by atoms with Gasteiger partial charge in [0, 0.05) is 26.6 Å². The van der Waals surface area contributed by atoms with Gasteiger partial charge in [-0.3, -0.25) is 9.59 Å². The van der Waals surface area contributed by atoms with Crippen molar-refractivity contribution in [2.75, 3.05) is 26.8 Å². The zero-order valence-electron chi connectivity index (χ0n) is 13.9. The molecule has 0 aliphatic carbocycles. The highest BCUT2D eigenvalue weighted by atomic mass is 16.5. The highest BCUT2D eigenvalue weighted by Crippen LogP contribution is 2.12. The van der Waals surface area contributed by atoms with Crippen molar-refractivity contribution in [2.45, 2.75) is 19.9 Å². The van der Waals surface area contributed by atoms with Crippen LogP contribution < -0.4 is 5.32 Å². The number of aryl methyl sites for hydroxylation is 1. The van der Waals surface area contributed by atoms with E-state index in [2.05, 4.69) is 5.32 Å². The molecule has 7 nitrogen and oxygen atoms in total. The second-order valence-electron chi connectivity index (χ2n) is 5.28. The molecule has 0 atom stereocenters. The van der Waals surface area contributed by atoms with Crippen LogP contribution in [0.5, 0.6) is 0 Å². The maximum Gasteiger partial charge on any atom is 0.257 e. The number of amides is 2. The molecule has 0 unspecified atom stereocenters. The summed E-state index contributed by atoms with van der Waals surface area (Å²) in [5.74, 6) is 0.928.